The molecule has 19 heavy (non-hydrogen) atoms. The average molecular weight is 388 g/mol. The first-order valence-corrected chi connectivity index (χ1v) is 7.35. The highest BCUT2D eigenvalue weighted by Crippen LogP contribution is 2.29. The van der Waals surface area contributed by atoms with Gasteiger partial charge in [0.25, 0.3) is 0 Å². The van der Waals surface area contributed by atoms with Crippen LogP contribution in [-0.2, 0) is 0 Å². The summed E-state index contributed by atoms with van der Waals surface area (Å²) in [6.07, 6.45) is 1.73. The second-order valence-corrected chi connectivity index (χ2v) is 6.07. The summed E-state index contributed by atoms with van der Waals surface area (Å²) >= 11 is 6.87. The lowest BCUT2D eigenvalue weighted by Crippen LogP contribution is -2.19. The Labute approximate surface area is 128 Å². The first-order chi connectivity index (χ1) is 9.01. The number of rotatable bonds is 3. The Morgan fingerprint density at radius 3 is 2.53 bits per heavy atom. The Morgan fingerprint density at radius 2 is 1.95 bits per heavy atom. The summed E-state index contributed by atoms with van der Waals surface area (Å²) in [6.45, 7) is 1.88. The van der Waals surface area contributed by atoms with Gasteiger partial charge < -0.3 is 5.32 Å². The van der Waals surface area contributed by atoms with Crippen LogP contribution in [-0.4, -0.2) is 12.0 Å². The molecule has 0 amide bonds. The topological polar surface area (TPSA) is 24.9 Å². The van der Waals surface area contributed by atoms with Crippen molar-refractivity contribution in [3.05, 3.63) is 62.0 Å². The van der Waals surface area contributed by atoms with Crippen molar-refractivity contribution in [1.29, 1.82) is 0 Å². The molecule has 0 aliphatic rings. The van der Waals surface area contributed by atoms with Crippen LogP contribution in [0.2, 0.25) is 0 Å². The first kappa shape index (κ1) is 14.6. The van der Waals surface area contributed by atoms with Crippen LogP contribution in [0.15, 0.2) is 39.4 Å². The van der Waals surface area contributed by atoms with Crippen molar-refractivity contribution in [2.75, 3.05) is 7.05 Å². The third-order valence-corrected chi connectivity index (χ3v) is 3.86. The van der Waals surface area contributed by atoms with Gasteiger partial charge in [0.05, 0.1) is 11.7 Å². The quantitative estimate of drug-likeness (QED) is 0.846. The molecule has 0 saturated carbocycles. The highest BCUT2D eigenvalue weighted by Gasteiger charge is 2.17. The smallest absolute Gasteiger partial charge is 0.123 e. The van der Waals surface area contributed by atoms with Crippen molar-refractivity contribution in [2.45, 2.75) is 13.0 Å². The maximum atomic E-state index is 13.5. The number of nitrogens with zero attached hydrogens (tertiary/aromatic N) is 1. The molecule has 1 aromatic heterocycles. The van der Waals surface area contributed by atoms with E-state index in [0.717, 1.165) is 25.8 Å². The second-order valence-electron chi connectivity index (χ2n) is 4.30. The summed E-state index contributed by atoms with van der Waals surface area (Å²) in [5.41, 5.74) is 2.58. The number of nitrogens with one attached hydrogen (secondary N) is 1. The maximum absolute atomic E-state index is 13.5. The fourth-order valence-electron chi connectivity index (χ4n) is 2.03. The molecule has 1 aromatic carbocycles. The lowest BCUT2D eigenvalue weighted by molar-refractivity contribution is 0.611. The molecule has 0 spiro atoms. The predicted molar refractivity (Wildman–Crippen MR) is 81.7 cm³/mol. The first-order valence-electron chi connectivity index (χ1n) is 5.76. The molecule has 0 fully saturated rings. The molecule has 1 N–H and O–H groups in total. The van der Waals surface area contributed by atoms with Gasteiger partial charge in [-0.2, -0.15) is 0 Å². The zero-order chi connectivity index (χ0) is 14.0. The minimum absolute atomic E-state index is 0.156. The molecule has 0 aliphatic carbocycles. The van der Waals surface area contributed by atoms with Gasteiger partial charge in [-0.1, -0.05) is 6.07 Å². The van der Waals surface area contributed by atoms with Gasteiger partial charge in [-0.05, 0) is 75.2 Å². The molecule has 0 radical (unpaired) electrons. The van der Waals surface area contributed by atoms with E-state index in [1.165, 1.54) is 12.1 Å². The Morgan fingerprint density at radius 1 is 1.21 bits per heavy atom. The second kappa shape index (κ2) is 6.11. The zero-order valence-corrected chi connectivity index (χ0v) is 13.7. The molecule has 2 rings (SSSR count). The van der Waals surface area contributed by atoms with Crippen molar-refractivity contribution >= 4 is 31.9 Å². The third kappa shape index (κ3) is 3.41. The lowest BCUT2D eigenvalue weighted by atomic mass is 10.0. The largest absolute Gasteiger partial charge is 0.308 e. The van der Waals surface area contributed by atoms with Crippen LogP contribution in [0.5, 0.6) is 0 Å². The van der Waals surface area contributed by atoms with Crippen molar-refractivity contribution < 1.29 is 4.39 Å². The number of hydrogen-bond acceptors (Lipinski definition) is 2. The van der Waals surface area contributed by atoms with Gasteiger partial charge >= 0.3 is 0 Å². The molecule has 1 atom stereocenters. The minimum atomic E-state index is -0.233. The molecule has 0 saturated heterocycles. The van der Waals surface area contributed by atoms with Crippen molar-refractivity contribution in [1.82, 2.24) is 10.3 Å². The van der Waals surface area contributed by atoms with Crippen LogP contribution in [0.25, 0.3) is 0 Å². The summed E-state index contributed by atoms with van der Waals surface area (Å²) in [7, 11) is 1.83. The van der Waals surface area contributed by atoms with E-state index in [0.29, 0.717) is 0 Å². The Balaban J connectivity index is 2.49. The Bertz CT molecular complexity index is 582. The fraction of sp³-hybridized carbons (Fsp3) is 0.214. The van der Waals surface area contributed by atoms with Gasteiger partial charge in [-0.15, -0.1) is 0 Å². The van der Waals surface area contributed by atoms with Crippen LogP contribution in [0.1, 0.15) is 22.9 Å². The number of hydrogen-bond donors (Lipinski definition) is 1. The number of halogens is 3. The van der Waals surface area contributed by atoms with Gasteiger partial charge in [-0.25, -0.2) is 4.39 Å². The third-order valence-electron chi connectivity index (χ3n) is 2.80. The van der Waals surface area contributed by atoms with E-state index < -0.39 is 0 Å². The SMILES string of the molecule is CNC(c1cc(C)cc(F)c1)c1ncc(Br)cc1Br. The molecule has 0 aliphatic heterocycles. The van der Waals surface area contributed by atoms with Crippen molar-refractivity contribution in [3.8, 4) is 0 Å². The number of aryl methyl sites for hydroxylation is 1. The highest BCUT2D eigenvalue weighted by atomic mass is 79.9. The van der Waals surface area contributed by atoms with Crippen LogP contribution in [0.3, 0.4) is 0 Å². The zero-order valence-electron chi connectivity index (χ0n) is 10.5. The minimum Gasteiger partial charge on any atom is -0.308 e. The molecular weight excluding hydrogens is 375 g/mol. The van der Waals surface area contributed by atoms with E-state index in [1.54, 1.807) is 6.20 Å². The molecule has 100 valence electrons. The van der Waals surface area contributed by atoms with Crippen molar-refractivity contribution in [2.24, 2.45) is 0 Å². The van der Waals surface area contributed by atoms with Gasteiger partial charge in [0.15, 0.2) is 0 Å². The summed E-state index contributed by atoms with van der Waals surface area (Å²) in [5, 5.41) is 3.17. The summed E-state index contributed by atoms with van der Waals surface area (Å²) in [5.74, 6) is -0.233. The average Bonchev–Trinajstić information content (AvgIpc) is 2.31. The molecule has 1 heterocycles. The van der Waals surface area contributed by atoms with Crippen LogP contribution in [0, 0.1) is 12.7 Å². The van der Waals surface area contributed by atoms with E-state index in [9.17, 15) is 4.39 Å². The van der Waals surface area contributed by atoms with E-state index in [2.05, 4.69) is 42.2 Å². The maximum Gasteiger partial charge on any atom is 0.123 e. The Kier molecular flexibility index (Phi) is 4.71. The van der Waals surface area contributed by atoms with Crippen LogP contribution in [0.4, 0.5) is 4.39 Å². The standard InChI is InChI=1S/C14H13Br2FN2/c1-8-3-9(5-11(17)4-8)13(18-2)14-12(16)6-10(15)7-19-14/h3-7,13,18H,1-2H3. The Hall–Kier alpha value is -0.780. The van der Waals surface area contributed by atoms with Crippen molar-refractivity contribution in [3.63, 3.8) is 0 Å². The molecule has 2 aromatic rings. The predicted octanol–water partition coefficient (Wildman–Crippen LogP) is 4.36. The summed E-state index contributed by atoms with van der Waals surface area (Å²) in [4.78, 5) is 4.41. The number of pyridine rings is 1. The molecule has 0 bridgehead atoms. The monoisotopic (exact) mass is 386 g/mol. The molecule has 5 heteroatoms. The molecule has 1 unspecified atom stereocenters. The van der Waals surface area contributed by atoms with E-state index in [4.69, 9.17) is 0 Å². The molecule has 2 nitrogen and oxygen atoms in total. The number of aromatic nitrogens is 1. The fourth-order valence-corrected chi connectivity index (χ4v) is 3.25. The number of benzene rings is 1. The van der Waals surface area contributed by atoms with Gasteiger partial charge in [-0.3, -0.25) is 4.98 Å². The lowest BCUT2D eigenvalue weighted by Gasteiger charge is -2.18. The van der Waals surface area contributed by atoms with E-state index in [1.807, 2.05) is 26.1 Å². The van der Waals surface area contributed by atoms with Gasteiger partial charge in [0.1, 0.15) is 5.82 Å². The van der Waals surface area contributed by atoms with Gasteiger partial charge in [0.2, 0.25) is 0 Å². The summed E-state index contributed by atoms with van der Waals surface area (Å²) < 4.78 is 15.3. The van der Waals surface area contributed by atoms with E-state index in [-0.39, 0.29) is 11.9 Å². The van der Waals surface area contributed by atoms with Crippen LogP contribution >= 0.6 is 31.9 Å². The van der Waals surface area contributed by atoms with Crippen LogP contribution < -0.4 is 5.32 Å². The molecular formula is C14H13Br2FN2. The van der Waals surface area contributed by atoms with E-state index >= 15 is 0 Å². The summed E-state index contributed by atoms with van der Waals surface area (Å²) in [6, 6.07) is 6.78. The van der Waals surface area contributed by atoms with Gasteiger partial charge in [0, 0.05) is 15.1 Å². The normalized spacial score (nSPS) is 12.5. The highest BCUT2D eigenvalue weighted by molar-refractivity contribution is 9.11.